The Labute approximate surface area is 133 Å². The summed E-state index contributed by atoms with van der Waals surface area (Å²) in [6.45, 7) is 5.30. The standard InChI is InChI=1S/C15H19N5OS/c1-4-22-15(18-1)10-19-2-3-20-9-13(5-12(20)8-19)21-14-6-16-11-17-7-14/h1,4,6-7,11-13H,2-3,5,8-10H2/t12-,13+/m1/s1. The number of hydrogen-bond acceptors (Lipinski definition) is 7. The molecule has 2 atom stereocenters. The lowest BCUT2D eigenvalue weighted by atomic mass is 10.1. The van der Waals surface area contributed by atoms with Crippen molar-refractivity contribution in [2.45, 2.75) is 25.1 Å². The van der Waals surface area contributed by atoms with Crippen molar-refractivity contribution in [2.24, 2.45) is 0 Å². The van der Waals surface area contributed by atoms with Crippen molar-refractivity contribution in [2.75, 3.05) is 26.2 Å². The van der Waals surface area contributed by atoms with Crippen LogP contribution in [0, 0.1) is 0 Å². The highest BCUT2D eigenvalue weighted by molar-refractivity contribution is 7.09. The predicted octanol–water partition coefficient (Wildman–Crippen LogP) is 1.27. The smallest absolute Gasteiger partial charge is 0.156 e. The predicted molar refractivity (Wildman–Crippen MR) is 83.8 cm³/mol. The van der Waals surface area contributed by atoms with E-state index in [0.29, 0.717) is 6.04 Å². The molecule has 0 spiro atoms. The highest BCUT2D eigenvalue weighted by atomic mass is 32.1. The van der Waals surface area contributed by atoms with Crippen LogP contribution in [0.5, 0.6) is 5.75 Å². The Morgan fingerprint density at radius 2 is 2.14 bits per heavy atom. The van der Waals surface area contributed by atoms with Gasteiger partial charge in [0, 0.05) is 50.2 Å². The summed E-state index contributed by atoms with van der Waals surface area (Å²) in [5.74, 6) is 0.770. The summed E-state index contributed by atoms with van der Waals surface area (Å²) in [4.78, 5) is 17.5. The van der Waals surface area contributed by atoms with Crippen LogP contribution in [0.25, 0.3) is 0 Å². The first-order valence-electron chi connectivity index (χ1n) is 7.63. The van der Waals surface area contributed by atoms with E-state index in [0.717, 1.165) is 44.9 Å². The van der Waals surface area contributed by atoms with Gasteiger partial charge in [0.2, 0.25) is 0 Å². The average Bonchev–Trinajstić information content (AvgIpc) is 3.17. The lowest BCUT2D eigenvalue weighted by Crippen LogP contribution is -2.49. The first-order chi connectivity index (χ1) is 10.9. The van der Waals surface area contributed by atoms with Crippen LogP contribution in [0.2, 0.25) is 0 Å². The molecule has 0 bridgehead atoms. The van der Waals surface area contributed by atoms with Gasteiger partial charge in [0.15, 0.2) is 5.75 Å². The zero-order valence-corrected chi connectivity index (χ0v) is 13.2. The van der Waals surface area contributed by atoms with Crippen LogP contribution < -0.4 is 4.74 Å². The molecule has 2 fully saturated rings. The molecule has 0 N–H and O–H groups in total. The van der Waals surface area contributed by atoms with Crippen LogP contribution >= 0.6 is 11.3 Å². The Morgan fingerprint density at radius 3 is 2.95 bits per heavy atom. The summed E-state index contributed by atoms with van der Waals surface area (Å²) in [6, 6.07) is 0.586. The van der Waals surface area contributed by atoms with Gasteiger partial charge < -0.3 is 4.74 Å². The second-order valence-corrected chi connectivity index (χ2v) is 6.84. The minimum atomic E-state index is 0.246. The van der Waals surface area contributed by atoms with E-state index in [1.807, 2.05) is 11.6 Å². The van der Waals surface area contributed by atoms with Crippen molar-refractivity contribution in [3.63, 3.8) is 0 Å². The molecule has 2 aliphatic heterocycles. The third-order valence-electron chi connectivity index (χ3n) is 4.34. The third kappa shape index (κ3) is 3.11. The molecule has 2 aromatic rings. The zero-order chi connectivity index (χ0) is 14.8. The van der Waals surface area contributed by atoms with Crippen LogP contribution in [0.3, 0.4) is 0 Å². The fourth-order valence-electron chi connectivity index (χ4n) is 3.35. The maximum absolute atomic E-state index is 6.01. The molecule has 22 heavy (non-hydrogen) atoms. The molecule has 0 saturated carbocycles. The maximum Gasteiger partial charge on any atom is 0.156 e. The van der Waals surface area contributed by atoms with Gasteiger partial charge in [-0.3, -0.25) is 9.80 Å². The highest BCUT2D eigenvalue weighted by Crippen LogP contribution is 2.26. The quantitative estimate of drug-likeness (QED) is 0.846. The summed E-state index contributed by atoms with van der Waals surface area (Å²) in [5, 5.41) is 3.26. The van der Waals surface area contributed by atoms with Gasteiger partial charge in [0.25, 0.3) is 0 Å². The number of nitrogens with zero attached hydrogens (tertiary/aromatic N) is 5. The minimum Gasteiger partial charge on any atom is -0.486 e. The van der Waals surface area contributed by atoms with Gasteiger partial charge in [0.1, 0.15) is 17.4 Å². The van der Waals surface area contributed by atoms with E-state index in [2.05, 4.69) is 24.8 Å². The Balaban J connectivity index is 1.33. The molecular formula is C15H19N5OS. The number of ether oxygens (including phenoxy) is 1. The number of fused-ring (bicyclic) bond motifs is 1. The van der Waals surface area contributed by atoms with E-state index in [-0.39, 0.29) is 6.10 Å². The van der Waals surface area contributed by atoms with Gasteiger partial charge in [-0.05, 0) is 0 Å². The van der Waals surface area contributed by atoms with Gasteiger partial charge in [-0.1, -0.05) is 0 Å². The van der Waals surface area contributed by atoms with Crippen LogP contribution in [0.15, 0.2) is 30.3 Å². The molecule has 0 aromatic carbocycles. The summed E-state index contributed by atoms with van der Waals surface area (Å²) >= 11 is 1.74. The molecule has 2 saturated heterocycles. The van der Waals surface area contributed by atoms with Crippen molar-refractivity contribution < 1.29 is 4.74 Å². The first kappa shape index (κ1) is 14.0. The van der Waals surface area contributed by atoms with Crippen LogP contribution in [-0.4, -0.2) is 63.1 Å². The molecule has 2 aliphatic rings. The molecule has 0 amide bonds. The Morgan fingerprint density at radius 1 is 1.23 bits per heavy atom. The largest absolute Gasteiger partial charge is 0.486 e. The van der Waals surface area contributed by atoms with Crippen molar-refractivity contribution in [3.8, 4) is 5.75 Å². The van der Waals surface area contributed by atoms with E-state index in [9.17, 15) is 0 Å². The topological polar surface area (TPSA) is 54.4 Å². The number of rotatable bonds is 4. The molecule has 2 aromatic heterocycles. The second kappa shape index (κ2) is 6.28. The van der Waals surface area contributed by atoms with E-state index >= 15 is 0 Å². The van der Waals surface area contributed by atoms with Crippen molar-refractivity contribution in [3.05, 3.63) is 35.3 Å². The molecule has 0 radical (unpaired) electrons. The fraction of sp³-hybridized carbons (Fsp3) is 0.533. The lowest BCUT2D eigenvalue weighted by molar-refractivity contribution is 0.0977. The summed E-state index contributed by atoms with van der Waals surface area (Å²) in [6.07, 6.45) is 8.20. The minimum absolute atomic E-state index is 0.246. The molecule has 4 heterocycles. The maximum atomic E-state index is 6.01. The molecular weight excluding hydrogens is 298 g/mol. The zero-order valence-electron chi connectivity index (χ0n) is 12.3. The Hall–Kier alpha value is -1.57. The van der Waals surface area contributed by atoms with E-state index in [1.54, 1.807) is 23.7 Å². The highest BCUT2D eigenvalue weighted by Gasteiger charge is 2.37. The van der Waals surface area contributed by atoms with Crippen molar-refractivity contribution >= 4 is 11.3 Å². The normalized spacial score (nSPS) is 26.0. The molecule has 116 valence electrons. The first-order valence-corrected chi connectivity index (χ1v) is 8.51. The van der Waals surface area contributed by atoms with Gasteiger partial charge in [0.05, 0.1) is 18.9 Å². The van der Waals surface area contributed by atoms with E-state index in [1.165, 1.54) is 11.3 Å². The van der Waals surface area contributed by atoms with Crippen molar-refractivity contribution in [1.29, 1.82) is 0 Å². The van der Waals surface area contributed by atoms with Crippen LogP contribution in [-0.2, 0) is 6.54 Å². The third-order valence-corrected chi connectivity index (χ3v) is 5.11. The fourth-order valence-corrected chi connectivity index (χ4v) is 4.01. The molecule has 0 aliphatic carbocycles. The summed E-state index contributed by atoms with van der Waals surface area (Å²) < 4.78 is 6.01. The number of thiazole rings is 1. The van der Waals surface area contributed by atoms with Crippen LogP contribution in [0.1, 0.15) is 11.4 Å². The van der Waals surface area contributed by atoms with Crippen LogP contribution in [0.4, 0.5) is 0 Å². The summed E-state index contributed by atoms with van der Waals surface area (Å²) in [5.41, 5.74) is 0. The monoisotopic (exact) mass is 317 g/mol. The van der Waals surface area contributed by atoms with Gasteiger partial charge >= 0.3 is 0 Å². The number of hydrogen-bond donors (Lipinski definition) is 0. The Kier molecular flexibility index (Phi) is 4.01. The molecule has 0 unspecified atom stereocenters. The SMILES string of the molecule is c1ncc(O[C@H]2C[C@@H]3CN(Cc4nccs4)CCN3C2)cn1. The number of piperazine rings is 1. The second-order valence-electron chi connectivity index (χ2n) is 5.86. The summed E-state index contributed by atoms with van der Waals surface area (Å²) in [7, 11) is 0. The van der Waals surface area contributed by atoms with Gasteiger partial charge in [-0.2, -0.15) is 0 Å². The molecule has 6 nitrogen and oxygen atoms in total. The number of aromatic nitrogens is 3. The van der Waals surface area contributed by atoms with E-state index in [4.69, 9.17) is 4.74 Å². The van der Waals surface area contributed by atoms with Crippen molar-refractivity contribution in [1.82, 2.24) is 24.8 Å². The van der Waals surface area contributed by atoms with E-state index < -0.39 is 0 Å². The van der Waals surface area contributed by atoms with Gasteiger partial charge in [-0.15, -0.1) is 11.3 Å². The molecule has 4 rings (SSSR count). The Bertz CT molecular complexity index is 593. The molecule has 7 heteroatoms. The lowest BCUT2D eigenvalue weighted by Gasteiger charge is -2.36. The van der Waals surface area contributed by atoms with Gasteiger partial charge in [-0.25, -0.2) is 15.0 Å². The average molecular weight is 317 g/mol.